The van der Waals surface area contributed by atoms with Gasteiger partial charge in [-0.05, 0) is 33.6 Å². The van der Waals surface area contributed by atoms with Gasteiger partial charge in [-0.1, -0.05) is 37.3 Å². The third-order valence-corrected chi connectivity index (χ3v) is 5.07. The van der Waals surface area contributed by atoms with Gasteiger partial charge in [-0.15, -0.1) is 0 Å². The Labute approximate surface area is 138 Å². The van der Waals surface area contributed by atoms with Crippen molar-refractivity contribution in [3.8, 4) is 0 Å². The highest BCUT2D eigenvalue weighted by molar-refractivity contribution is 6.03. The molecule has 2 bridgehead atoms. The molecule has 0 aromatic heterocycles. The van der Waals surface area contributed by atoms with E-state index in [4.69, 9.17) is 9.47 Å². The van der Waals surface area contributed by atoms with Crippen LogP contribution < -0.4 is 0 Å². The zero-order chi connectivity index (χ0) is 17.0. The Morgan fingerprint density at radius 3 is 2.00 bits per heavy atom. The summed E-state index contributed by atoms with van der Waals surface area (Å²) in [6, 6.07) is 0. The first-order valence-corrected chi connectivity index (χ1v) is 8.78. The van der Waals surface area contributed by atoms with Crippen molar-refractivity contribution in [3.63, 3.8) is 0 Å². The van der Waals surface area contributed by atoms with Gasteiger partial charge in [-0.2, -0.15) is 0 Å². The van der Waals surface area contributed by atoms with E-state index in [0.29, 0.717) is 24.4 Å². The summed E-state index contributed by atoms with van der Waals surface area (Å²) in [5.74, 6) is -0.627. The summed E-state index contributed by atoms with van der Waals surface area (Å²) in [5.41, 5.74) is 3.50. The molecule has 0 aromatic rings. The maximum Gasteiger partial charge on any atom is 0.335 e. The van der Waals surface area contributed by atoms with Crippen LogP contribution in [0.5, 0.6) is 0 Å². The van der Waals surface area contributed by atoms with Crippen LogP contribution in [0, 0.1) is 11.8 Å². The van der Waals surface area contributed by atoms with Gasteiger partial charge < -0.3 is 9.47 Å². The molecule has 0 saturated carbocycles. The molecule has 0 N–H and O–H groups in total. The second-order valence-electron chi connectivity index (χ2n) is 6.45. The molecule has 0 fully saturated rings. The van der Waals surface area contributed by atoms with Crippen molar-refractivity contribution in [2.45, 2.75) is 59.8 Å². The summed E-state index contributed by atoms with van der Waals surface area (Å²) >= 11 is 0. The Kier molecular flexibility index (Phi) is 6.03. The molecular weight excluding hydrogens is 292 g/mol. The lowest BCUT2D eigenvalue weighted by molar-refractivity contribution is -0.142. The largest absolute Gasteiger partial charge is 0.463 e. The Morgan fingerprint density at radius 2 is 1.48 bits per heavy atom. The van der Waals surface area contributed by atoms with E-state index < -0.39 is 0 Å². The molecule has 2 aliphatic rings. The lowest BCUT2D eigenvalue weighted by Crippen LogP contribution is -2.22. The standard InChI is InChI=1S/C19H28O4/c1-5-7-8-9-10-23-19(21)17-15-11-14(12(3)13(15)4)16(17)18(20)22-6-2/h14-15H,5-11H2,1-4H3. The number of hydrogen-bond donors (Lipinski definition) is 0. The van der Waals surface area contributed by atoms with Gasteiger partial charge in [0.25, 0.3) is 0 Å². The van der Waals surface area contributed by atoms with Crippen molar-refractivity contribution in [2.24, 2.45) is 11.8 Å². The van der Waals surface area contributed by atoms with Crippen LogP contribution in [0.4, 0.5) is 0 Å². The molecule has 2 aliphatic carbocycles. The van der Waals surface area contributed by atoms with Crippen LogP contribution >= 0.6 is 0 Å². The van der Waals surface area contributed by atoms with Crippen LogP contribution in [0.15, 0.2) is 22.3 Å². The summed E-state index contributed by atoms with van der Waals surface area (Å²) in [7, 11) is 0. The van der Waals surface area contributed by atoms with Gasteiger partial charge in [-0.25, -0.2) is 9.59 Å². The minimum absolute atomic E-state index is 0.0293. The highest BCUT2D eigenvalue weighted by Crippen LogP contribution is 2.52. The average Bonchev–Trinajstić information content (AvgIpc) is 3.04. The van der Waals surface area contributed by atoms with Crippen molar-refractivity contribution in [1.29, 1.82) is 0 Å². The fraction of sp³-hybridized carbons (Fsp3) is 0.684. The van der Waals surface area contributed by atoms with Gasteiger partial charge in [0.2, 0.25) is 0 Å². The zero-order valence-corrected chi connectivity index (χ0v) is 14.7. The molecule has 4 nitrogen and oxygen atoms in total. The first kappa shape index (κ1) is 17.8. The van der Waals surface area contributed by atoms with Gasteiger partial charge in [0.1, 0.15) is 0 Å². The summed E-state index contributed by atoms with van der Waals surface area (Å²) < 4.78 is 10.6. The van der Waals surface area contributed by atoms with Crippen molar-refractivity contribution in [3.05, 3.63) is 22.3 Å². The minimum Gasteiger partial charge on any atom is -0.463 e. The fourth-order valence-electron chi connectivity index (χ4n) is 3.67. The number of unbranched alkanes of at least 4 members (excludes halogenated alkanes) is 3. The maximum atomic E-state index is 12.5. The maximum absolute atomic E-state index is 12.5. The topological polar surface area (TPSA) is 52.6 Å². The molecule has 2 unspecified atom stereocenters. The van der Waals surface area contributed by atoms with Gasteiger partial charge >= 0.3 is 11.9 Å². The molecular formula is C19H28O4. The van der Waals surface area contributed by atoms with Crippen LogP contribution in [0.3, 0.4) is 0 Å². The summed E-state index contributed by atoms with van der Waals surface area (Å²) in [6.45, 7) is 8.78. The minimum atomic E-state index is -0.357. The average molecular weight is 320 g/mol. The van der Waals surface area contributed by atoms with Gasteiger partial charge in [0, 0.05) is 11.8 Å². The van der Waals surface area contributed by atoms with E-state index in [2.05, 4.69) is 13.8 Å². The van der Waals surface area contributed by atoms with E-state index in [1.165, 1.54) is 11.1 Å². The first-order chi connectivity index (χ1) is 11.0. The van der Waals surface area contributed by atoms with E-state index >= 15 is 0 Å². The monoisotopic (exact) mass is 320 g/mol. The molecule has 0 amide bonds. The van der Waals surface area contributed by atoms with Crippen LogP contribution in [0.2, 0.25) is 0 Å². The number of hydrogen-bond acceptors (Lipinski definition) is 4. The lowest BCUT2D eigenvalue weighted by atomic mass is 9.87. The van der Waals surface area contributed by atoms with Crippen LogP contribution in [-0.2, 0) is 19.1 Å². The van der Waals surface area contributed by atoms with E-state index in [0.717, 1.165) is 32.1 Å². The molecule has 23 heavy (non-hydrogen) atoms. The Bertz CT molecular complexity index is 542. The van der Waals surface area contributed by atoms with E-state index in [1.54, 1.807) is 6.92 Å². The van der Waals surface area contributed by atoms with Gasteiger partial charge in [-0.3, -0.25) is 0 Å². The normalized spacial score (nSPS) is 22.8. The quantitative estimate of drug-likeness (QED) is 0.386. The van der Waals surface area contributed by atoms with Crippen molar-refractivity contribution >= 4 is 11.9 Å². The second kappa shape index (κ2) is 7.80. The number of rotatable bonds is 8. The fourth-order valence-corrected chi connectivity index (χ4v) is 3.67. The van der Waals surface area contributed by atoms with Crippen molar-refractivity contribution in [1.82, 2.24) is 0 Å². The molecule has 128 valence electrons. The molecule has 0 spiro atoms. The predicted molar refractivity (Wildman–Crippen MR) is 88.7 cm³/mol. The highest BCUT2D eigenvalue weighted by atomic mass is 16.5. The van der Waals surface area contributed by atoms with Crippen LogP contribution in [-0.4, -0.2) is 25.2 Å². The molecule has 4 heteroatoms. The number of allylic oxidation sites excluding steroid dienone is 2. The van der Waals surface area contributed by atoms with E-state index in [1.807, 2.05) is 6.92 Å². The van der Waals surface area contributed by atoms with Crippen LogP contribution in [0.1, 0.15) is 59.8 Å². The number of carbonyl (C=O) groups is 2. The molecule has 2 atom stereocenters. The smallest absolute Gasteiger partial charge is 0.335 e. The van der Waals surface area contributed by atoms with Gasteiger partial charge in [0.15, 0.2) is 0 Å². The number of esters is 2. The summed E-state index contributed by atoms with van der Waals surface area (Å²) in [4.78, 5) is 24.8. The SMILES string of the molecule is CCCCCCOC(=O)C1=C(C(=O)OCC)C2CC1C(C)=C2C. The van der Waals surface area contributed by atoms with Crippen LogP contribution in [0.25, 0.3) is 0 Å². The number of ether oxygens (including phenoxy) is 2. The summed E-state index contributed by atoms with van der Waals surface area (Å²) in [5, 5.41) is 0. The molecule has 0 aromatic carbocycles. The third-order valence-electron chi connectivity index (χ3n) is 5.07. The molecule has 0 heterocycles. The Morgan fingerprint density at radius 1 is 0.913 bits per heavy atom. The van der Waals surface area contributed by atoms with Gasteiger partial charge in [0.05, 0.1) is 24.4 Å². The highest BCUT2D eigenvalue weighted by Gasteiger charge is 2.48. The summed E-state index contributed by atoms with van der Waals surface area (Å²) in [6.07, 6.45) is 5.06. The molecule has 0 saturated heterocycles. The zero-order valence-electron chi connectivity index (χ0n) is 14.7. The van der Waals surface area contributed by atoms with Crippen molar-refractivity contribution in [2.75, 3.05) is 13.2 Å². The second-order valence-corrected chi connectivity index (χ2v) is 6.45. The predicted octanol–water partition coefficient (Wildman–Crippen LogP) is 3.96. The van der Waals surface area contributed by atoms with E-state index in [-0.39, 0.29) is 23.8 Å². The molecule has 2 rings (SSSR count). The van der Waals surface area contributed by atoms with E-state index in [9.17, 15) is 9.59 Å². The lowest BCUT2D eigenvalue weighted by Gasteiger charge is -2.20. The van der Waals surface area contributed by atoms with Crippen molar-refractivity contribution < 1.29 is 19.1 Å². The number of carbonyl (C=O) groups excluding carboxylic acids is 2. The Hall–Kier alpha value is -1.58. The Balaban J connectivity index is 2.10. The first-order valence-electron chi connectivity index (χ1n) is 8.78. The number of fused-ring (bicyclic) bond motifs is 2. The third kappa shape index (κ3) is 3.51. The molecule has 0 radical (unpaired) electrons. The molecule has 0 aliphatic heterocycles.